The molecule has 0 spiro atoms. The van der Waals surface area contributed by atoms with Crippen molar-refractivity contribution in [3.63, 3.8) is 0 Å². The van der Waals surface area contributed by atoms with Crippen LogP contribution in [0, 0.1) is 0 Å². The number of ether oxygens (including phenoxy) is 1. The molecule has 2 heterocycles. The van der Waals surface area contributed by atoms with Gasteiger partial charge in [0, 0.05) is 36.6 Å². The number of benzene rings is 2. The minimum Gasteiger partial charge on any atom is -0.378 e. The van der Waals surface area contributed by atoms with Gasteiger partial charge in [0.25, 0.3) is 5.91 Å². The van der Waals surface area contributed by atoms with E-state index in [2.05, 4.69) is 10.3 Å². The Kier molecular flexibility index (Phi) is 5.83. The standard InChI is InChI=1S/C22H22ClN3O3/c23-18-7-3-1-6-17(18)21(27)25-20(22(28)26-9-11-29-12-10-26)13-15-14-24-19-8-4-2-5-16(15)19/h1-8,14,20,24H,9-13H2,(H,25,27)/t20-/m0/s1. The molecule has 0 bridgehead atoms. The van der Waals surface area contributed by atoms with Gasteiger partial charge < -0.3 is 19.9 Å². The fraction of sp³-hybridized carbons (Fsp3) is 0.273. The lowest BCUT2D eigenvalue weighted by atomic mass is 10.0. The predicted molar refractivity (Wildman–Crippen MR) is 112 cm³/mol. The highest BCUT2D eigenvalue weighted by Gasteiger charge is 2.29. The zero-order valence-corrected chi connectivity index (χ0v) is 16.6. The molecule has 2 aromatic carbocycles. The van der Waals surface area contributed by atoms with E-state index in [1.165, 1.54) is 0 Å². The average Bonchev–Trinajstić information content (AvgIpc) is 3.16. The zero-order valence-electron chi connectivity index (χ0n) is 15.9. The molecule has 2 amide bonds. The van der Waals surface area contributed by atoms with Gasteiger partial charge in [0.1, 0.15) is 6.04 Å². The van der Waals surface area contributed by atoms with Crippen LogP contribution in [0.4, 0.5) is 0 Å². The van der Waals surface area contributed by atoms with Crippen LogP contribution in [0.15, 0.2) is 54.7 Å². The Labute approximate surface area is 173 Å². The van der Waals surface area contributed by atoms with Crippen LogP contribution in [0.1, 0.15) is 15.9 Å². The van der Waals surface area contributed by atoms with Crippen molar-refractivity contribution in [2.75, 3.05) is 26.3 Å². The van der Waals surface area contributed by atoms with E-state index < -0.39 is 6.04 Å². The summed E-state index contributed by atoms with van der Waals surface area (Å²) in [6.07, 6.45) is 2.28. The van der Waals surface area contributed by atoms with Crippen molar-refractivity contribution in [1.82, 2.24) is 15.2 Å². The first-order valence-corrected chi connectivity index (χ1v) is 9.98. The summed E-state index contributed by atoms with van der Waals surface area (Å²) < 4.78 is 5.36. The lowest BCUT2D eigenvalue weighted by molar-refractivity contribution is -0.137. The Morgan fingerprint density at radius 2 is 1.83 bits per heavy atom. The maximum atomic E-state index is 13.2. The van der Waals surface area contributed by atoms with Crippen LogP contribution >= 0.6 is 11.6 Å². The molecule has 1 fully saturated rings. The Morgan fingerprint density at radius 3 is 2.62 bits per heavy atom. The molecule has 4 rings (SSSR count). The third-order valence-electron chi connectivity index (χ3n) is 5.14. The van der Waals surface area contributed by atoms with E-state index in [-0.39, 0.29) is 11.8 Å². The van der Waals surface area contributed by atoms with Crippen LogP contribution in [-0.2, 0) is 16.0 Å². The number of hydrogen-bond acceptors (Lipinski definition) is 3. The smallest absolute Gasteiger partial charge is 0.253 e. The highest BCUT2D eigenvalue weighted by molar-refractivity contribution is 6.33. The molecule has 150 valence electrons. The Hall–Kier alpha value is -2.83. The molecule has 6 nitrogen and oxygen atoms in total. The summed E-state index contributed by atoms with van der Waals surface area (Å²) in [6, 6.07) is 14.0. The SMILES string of the molecule is O=C(N[C@@H](Cc1c[nH]c2ccccc12)C(=O)N1CCOCC1)c1ccccc1Cl. The number of morpholine rings is 1. The van der Waals surface area contributed by atoms with Crippen LogP contribution < -0.4 is 5.32 Å². The summed E-state index contributed by atoms with van der Waals surface area (Å²) in [6.45, 7) is 2.05. The second kappa shape index (κ2) is 8.68. The molecule has 1 saturated heterocycles. The number of nitrogens with one attached hydrogen (secondary N) is 2. The fourth-order valence-electron chi connectivity index (χ4n) is 3.61. The molecule has 0 unspecified atom stereocenters. The van der Waals surface area contributed by atoms with E-state index in [9.17, 15) is 9.59 Å². The van der Waals surface area contributed by atoms with Gasteiger partial charge in [-0.3, -0.25) is 9.59 Å². The van der Waals surface area contributed by atoms with Crippen LogP contribution in [0.25, 0.3) is 10.9 Å². The minimum atomic E-state index is -0.698. The molecule has 0 saturated carbocycles. The summed E-state index contributed by atoms with van der Waals surface area (Å²) >= 11 is 6.17. The maximum absolute atomic E-state index is 13.2. The van der Waals surface area contributed by atoms with Crippen LogP contribution in [0.5, 0.6) is 0 Å². The maximum Gasteiger partial charge on any atom is 0.253 e. The lowest BCUT2D eigenvalue weighted by Gasteiger charge is -2.30. The second-order valence-electron chi connectivity index (χ2n) is 7.01. The second-order valence-corrected chi connectivity index (χ2v) is 7.41. The fourth-order valence-corrected chi connectivity index (χ4v) is 3.83. The van der Waals surface area contributed by atoms with Gasteiger partial charge in [-0.25, -0.2) is 0 Å². The van der Waals surface area contributed by atoms with E-state index in [1.807, 2.05) is 30.5 Å². The van der Waals surface area contributed by atoms with Crippen molar-refractivity contribution in [3.8, 4) is 0 Å². The Morgan fingerprint density at radius 1 is 1.10 bits per heavy atom. The van der Waals surface area contributed by atoms with Gasteiger partial charge in [0.2, 0.25) is 5.91 Å². The summed E-state index contributed by atoms with van der Waals surface area (Å²) in [5, 5.41) is 4.30. The van der Waals surface area contributed by atoms with Gasteiger partial charge in [-0.15, -0.1) is 0 Å². The van der Waals surface area contributed by atoms with Crippen LogP contribution in [0.3, 0.4) is 0 Å². The number of aromatic amines is 1. The van der Waals surface area contributed by atoms with Crippen LogP contribution in [-0.4, -0.2) is 54.0 Å². The number of halogens is 1. The normalized spacial score (nSPS) is 15.3. The van der Waals surface area contributed by atoms with E-state index >= 15 is 0 Å². The number of hydrogen-bond donors (Lipinski definition) is 2. The highest BCUT2D eigenvalue weighted by atomic mass is 35.5. The third kappa shape index (κ3) is 4.28. The summed E-state index contributed by atoms with van der Waals surface area (Å²) in [4.78, 5) is 31.1. The first kappa shape index (κ1) is 19.5. The molecule has 7 heteroatoms. The molecule has 0 radical (unpaired) electrons. The predicted octanol–water partition coefficient (Wildman–Crippen LogP) is 3.02. The molecule has 0 aliphatic carbocycles. The number of rotatable bonds is 5. The largest absolute Gasteiger partial charge is 0.378 e. The Bertz CT molecular complexity index is 1030. The van der Waals surface area contributed by atoms with Crippen molar-refractivity contribution in [3.05, 3.63) is 70.9 Å². The first-order valence-electron chi connectivity index (χ1n) is 9.60. The number of H-pyrrole nitrogens is 1. The first-order chi connectivity index (χ1) is 14.1. The van der Waals surface area contributed by atoms with E-state index in [0.29, 0.717) is 43.3 Å². The Balaban J connectivity index is 1.60. The average molecular weight is 412 g/mol. The molecule has 3 aromatic rings. The third-order valence-corrected chi connectivity index (χ3v) is 5.47. The zero-order chi connectivity index (χ0) is 20.2. The van der Waals surface area contributed by atoms with Crippen molar-refractivity contribution >= 4 is 34.3 Å². The number of carbonyl (C=O) groups excluding carboxylic acids is 2. The van der Waals surface area contributed by atoms with Gasteiger partial charge in [-0.2, -0.15) is 0 Å². The topological polar surface area (TPSA) is 74.4 Å². The van der Waals surface area contributed by atoms with Gasteiger partial charge >= 0.3 is 0 Å². The number of amides is 2. The minimum absolute atomic E-state index is 0.112. The molecule has 2 N–H and O–H groups in total. The summed E-state index contributed by atoms with van der Waals surface area (Å²) in [7, 11) is 0. The number of fused-ring (bicyclic) bond motifs is 1. The molecular formula is C22H22ClN3O3. The highest BCUT2D eigenvalue weighted by Crippen LogP contribution is 2.21. The lowest BCUT2D eigenvalue weighted by Crippen LogP contribution is -2.52. The monoisotopic (exact) mass is 411 g/mol. The van der Waals surface area contributed by atoms with Crippen molar-refractivity contribution in [1.29, 1.82) is 0 Å². The van der Waals surface area contributed by atoms with Gasteiger partial charge in [-0.1, -0.05) is 41.9 Å². The van der Waals surface area contributed by atoms with Crippen molar-refractivity contribution in [2.45, 2.75) is 12.5 Å². The number of aromatic nitrogens is 1. The molecule has 1 atom stereocenters. The summed E-state index contributed by atoms with van der Waals surface area (Å²) in [5.74, 6) is -0.471. The van der Waals surface area contributed by atoms with Gasteiger partial charge in [0.15, 0.2) is 0 Å². The quantitative estimate of drug-likeness (QED) is 0.677. The molecule has 1 aliphatic heterocycles. The number of nitrogens with zero attached hydrogens (tertiary/aromatic N) is 1. The van der Waals surface area contributed by atoms with E-state index in [0.717, 1.165) is 16.5 Å². The summed E-state index contributed by atoms with van der Waals surface area (Å²) in [5.41, 5.74) is 2.33. The molecule has 29 heavy (non-hydrogen) atoms. The molecule has 1 aliphatic rings. The van der Waals surface area contributed by atoms with Crippen molar-refractivity contribution in [2.24, 2.45) is 0 Å². The number of carbonyl (C=O) groups is 2. The van der Waals surface area contributed by atoms with E-state index in [1.54, 1.807) is 29.2 Å². The molecule has 1 aromatic heterocycles. The van der Waals surface area contributed by atoms with E-state index in [4.69, 9.17) is 16.3 Å². The van der Waals surface area contributed by atoms with Crippen molar-refractivity contribution < 1.29 is 14.3 Å². The molecular weight excluding hydrogens is 390 g/mol. The van der Waals surface area contributed by atoms with Crippen LogP contribution in [0.2, 0.25) is 5.02 Å². The van der Waals surface area contributed by atoms with Gasteiger partial charge in [0.05, 0.1) is 23.8 Å². The van der Waals surface area contributed by atoms with Gasteiger partial charge in [-0.05, 0) is 23.8 Å². The number of para-hydroxylation sites is 1.